The summed E-state index contributed by atoms with van der Waals surface area (Å²) in [6.07, 6.45) is 6.43. The molecule has 0 aromatic heterocycles. The first-order chi connectivity index (χ1) is 8.15. The van der Waals surface area contributed by atoms with Crippen molar-refractivity contribution in [3.8, 4) is 0 Å². The highest BCUT2D eigenvalue weighted by atomic mass is 19.2. The molecule has 4 heteroatoms. The van der Waals surface area contributed by atoms with Gasteiger partial charge in [0.2, 0.25) is 5.91 Å². The highest BCUT2D eigenvalue weighted by Gasteiger charge is 2.14. The molecule has 0 saturated carbocycles. The highest BCUT2D eigenvalue weighted by molar-refractivity contribution is 5.90. The van der Waals surface area contributed by atoms with Crippen molar-refractivity contribution in [2.45, 2.75) is 19.3 Å². The summed E-state index contributed by atoms with van der Waals surface area (Å²) in [6, 6.07) is 3.33. The van der Waals surface area contributed by atoms with Crippen molar-refractivity contribution >= 4 is 11.6 Å². The average Bonchev–Trinajstić information content (AvgIpc) is 2.76. The molecule has 2 rings (SSSR count). The molecule has 0 heterocycles. The summed E-state index contributed by atoms with van der Waals surface area (Å²) in [5.41, 5.74) is 0.288. The minimum Gasteiger partial charge on any atom is -0.326 e. The fourth-order valence-corrected chi connectivity index (χ4v) is 1.89. The predicted molar refractivity (Wildman–Crippen MR) is 61.5 cm³/mol. The Labute approximate surface area is 98.3 Å². The second kappa shape index (κ2) is 5.08. The number of halogens is 2. The number of amides is 1. The van der Waals surface area contributed by atoms with Crippen LogP contribution in [0.5, 0.6) is 0 Å². The van der Waals surface area contributed by atoms with E-state index in [9.17, 15) is 13.6 Å². The number of anilines is 1. The second-order valence-corrected chi connectivity index (χ2v) is 4.15. The average molecular weight is 237 g/mol. The zero-order valence-electron chi connectivity index (χ0n) is 9.25. The number of rotatable bonds is 3. The van der Waals surface area contributed by atoms with Crippen LogP contribution < -0.4 is 5.32 Å². The van der Waals surface area contributed by atoms with Crippen LogP contribution in [0.2, 0.25) is 0 Å². The van der Waals surface area contributed by atoms with Crippen LogP contribution in [0.3, 0.4) is 0 Å². The van der Waals surface area contributed by atoms with Crippen LogP contribution >= 0.6 is 0 Å². The molecular weight excluding hydrogens is 224 g/mol. The van der Waals surface area contributed by atoms with E-state index in [4.69, 9.17) is 0 Å². The zero-order chi connectivity index (χ0) is 12.3. The van der Waals surface area contributed by atoms with Crippen LogP contribution in [0.1, 0.15) is 19.3 Å². The van der Waals surface area contributed by atoms with Crippen LogP contribution in [0, 0.1) is 17.6 Å². The van der Waals surface area contributed by atoms with Gasteiger partial charge < -0.3 is 5.32 Å². The molecule has 0 radical (unpaired) electrons. The van der Waals surface area contributed by atoms with Gasteiger partial charge in [0.05, 0.1) is 0 Å². The number of benzene rings is 1. The Morgan fingerprint density at radius 3 is 2.82 bits per heavy atom. The third-order valence-electron chi connectivity index (χ3n) is 2.76. The molecule has 0 fully saturated rings. The smallest absolute Gasteiger partial charge is 0.224 e. The van der Waals surface area contributed by atoms with E-state index in [1.807, 2.05) is 6.08 Å². The number of allylic oxidation sites excluding steroid dienone is 2. The summed E-state index contributed by atoms with van der Waals surface area (Å²) >= 11 is 0. The second-order valence-electron chi connectivity index (χ2n) is 4.15. The molecule has 17 heavy (non-hydrogen) atoms. The molecule has 1 atom stereocenters. The summed E-state index contributed by atoms with van der Waals surface area (Å²) < 4.78 is 25.6. The van der Waals surface area contributed by atoms with E-state index < -0.39 is 11.6 Å². The van der Waals surface area contributed by atoms with Crippen molar-refractivity contribution in [2.24, 2.45) is 5.92 Å². The van der Waals surface area contributed by atoms with Crippen LogP contribution in [-0.4, -0.2) is 5.91 Å². The van der Waals surface area contributed by atoms with Gasteiger partial charge in [-0.15, -0.1) is 0 Å². The molecule has 0 spiro atoms. The molecule has 90 valence electrons. The maximum Gasteiger partial charge on any atom is 0.224 e. The maximum atomic E-state index is 12.9. The molecular formula is C13H13F2NO. The zero-order valence-corrected chi connectivity index (χ0v) is 9.25. The largest absolute Gasteiger partial charge is 0.326 e. The van der Waals surface area contributed by atoms with Gasteiger partial charge in [-0.2, -0.15) is 0 Å². The van der Waals surface area contributed by atoms with Crippen molar-refractivity contribution in [1.82, 2.24) is 0 Å². The number of carbonyl (C=O) groups is 1. The van der Waals surface area contributed by atoms with Crippen LogP contribution in [0.25, 0.3) is 0 Å². The molecule has 1 aliphatic rings. The predicted octanol–water partition coefficient (Wildman–Crippen LogP) is 3.26. The number of nitrogens with one attached hydrogen (secondary N) is 1. The van der Waals surface area contributed by atoms with Gasteiger partial charge in [0, 0.05) is 18.2 Å². The van der Waals surface area contributed by atoms with Gasteiger partial charge in [0.25, 0.3) is 0 Å². The standard InChI is InChI=1S/C13H13F2NO/c14-11-6-5-10(8-12(11)15)16-13(17)7-9-3-1-2-4-9/h1,3,5-6,8-9H,2,4,7H2,(H,16,17). The van der Waals surface area contributed by atoms with Gasteiger partial charge in [-0.1, -0.05) is 12.2 Å². The third kappa shape index (κ3) is 3.12. The molecule has 1 N–H and O–H groups in total. The summed E-state index contributed by atoms with van der Waals surface area (Å²) in [7, 11) is 0. The van der Waals surface area contributed by atoms with Crippen LogP contribution in [-0.2, 0) is 4.79 Å². The van der Waals surface area contributed by atoms with Crippen LogP contribution in [0.4, 0.5) is 14.5 Å². The van der Waals surface area contributed by atoms with Gasteiger partial charge >= 0.3 is 0 Å². The normalized spacial score (nSPS) is 18.4. The fraction of sp³-hybridized carbons (Fsp3) is 0.308. The number of hydrogen-bond donors (Lipinski definition) is 1. The van der Waals surface area contributed by atoms with E-state index in [0.29, 0.717) is 6.42 Å². The van der Waals surface area contributed by atoms with Crippen molar-refractivity contribution < 1.29 is 13.6 Å². The van der Waals surface area contributed by atoms with Crippen molar-refractivity contribution in [3.05, 3.63) is 42.0 Å². The first-order valence-electron chi connectivity index (χ1n) is 5.57. The molecule has 0 bridgehead atoms. The Bertz CT molecular complexity index is 457. The third-order valence-corrected chi connectivity index (χ3v) is 2.76. The maximum absolute atomic E-state index is 12.9. The molecule has 1 amide bonds. The number of carbonyl (C=O) groups excluding carboxylic acids is 1. The Morgan fingerprint density at radius 1 is 1.35 bits per heavy atom. The van der Waals surface area contributed by atoms with Crippen LogP contribution in [0.15, 0.2) is 30.4 Å². The van der Waals surface area contributed by atoms with Gasteiger partial charge in [-0.3, -0.25) is 4.79 Å². The lowest BCUT2D eigenvalue weighted by Crippen LogP contribution is -2.14. The van der Waals surface area contributed by atoms with E-state index in [-0.39, 0.29) is 17.5 Å². The highest BCUT2D eigenvalue weighted by Crippen LogP contribution is 2.21. The van der Waals surface area contributed by atoms with Gasteiger partial charge in [0.1, 0.15) is 0 Å². The summed E-state index contributed by atoms with van der Waals surface area (Å²) in [5.74, 6) is -1.78. The lowest BCUT2D eigenvalue weighted by atomic mass is 10.1. The van der Waals surface area contributed by atoms with Crippen molar-refractivity contribution in [3.63, 3.8) is 0 Å². The molecule has 1 aromatic rings. The van der Waals surface area contributed by atoms with E-state index in [0.717, 1.165) is 25.0 Å². The Hall–Kier alpha value is -1.71. The Kier molecular flexibility index (Phi) is 3.52. The van der Waals surface area contributed by atoms with E-state index in [2.05, 4.69) is 11.4 Å². The molecule has 1 aromatic carbocycles. The van der Waals surface area contributed by atoms with Crippen molar-refractivity contribution in [1.29, 1.82) is 0 Å². The first-order valence-corrected chi connectivity index (χ1v) is 5.57. The van der Waals surface area contributed by atoms with E-state index in [1.54, 1.807) is 0 Å². The summed E-state index contributed by atoms with van der Waals surface area (Å²) in [6.45, 7) is 0. The Balaban J connectivity index is 1.93. The molecule has 0 saturated heterocycles. The van der Waals surface area contributed by atoms with Gasteiger partial charge in [-0.05, 0) is 30.9 Å². The molecule has 1 aliphatic carbocycles. The lowest BCUT2D eigenvalue weighted by molar-refractivity contribution is -0.116. The SMILES string of the molecule is O=C(CC1C=CCC1)Nc1ccc(F)c(F)c1. The number of hydrogen-bond acceptors (Lipinski definition) is 1. The van der Waals surface area contributed by atoms with Crippen molar-refractivity contribution in [2.75, 3.05) is 5.32 Å². The minimum atomic E-state index is -0.955. The Morgan fingerprint density at radius 2 is 2.18 bits per heavy atom. The topological polar surface area (TPSA) is 29.1 Å². The summed E-state index contributed by atoms with van der Waals surface area (Å²) in [5, 5.41) is 2.56. The van der Waals surface area contributed by atoms with E-state index >= 15 is 0 Å². The van der Waals surface area contributed by atoms with Gasteiger partial charge in [-0.25, -0.2) is 8.78 Å². The van der Waals surface area contributed by atoms with E-state index in [1.165, 1.54) is 6.07 Å². The quantitative estimate of drug-likeness (QED) is 0.803. The molecule has 0 aliphatic heterocycles. The first kappa shape index (κ1) is 11.8. The lowest BCUT2D eigenvalue weighted by Gasteiger charge is -2.08. The minimum absolute atomic E-state index is 0.174. The monoisotopic (exact) mass is 237 g/mol. The van der Waals surface area contributed by atoms with Gasteiger partial charge in [0.15, 0.2) is 11.6 Å². The fourth-order valence-electron chi connectivity index (χ4n) is 1.89. The summed E-state index contributed by atoms with van der Waals surface area (Å²) in [4.78, 5) is 11.6. The molecule has 1 unspecified atom stereocenters. The molecule has 2 nitrogen and oxygen atoms in total.